The lowest BCUT2D eigenvalue weighted by Gasteiger charge is -2.06. The molecule has 0 aliphatic rings. The maximum Gasteiger partial charge on any atom is 0.307 e. The van der Waals surface area contributed by atoms with Crippen LogP contribution in [0.2, 0.25) is 0 Å². The molecule has 0 spiro atoms. The number of carbonyl (C=O) groups excluding carboxylic acids is 1. The van der Waals surface area contributed by atoms with Crippen LogP contribution in [0.5, 0.6) is 0 Å². The molecule has 0 saturated carbocycles. The third-order valence-electron chi connectivity index (χ3n) is 1.67. The molecule has 0 saturated heterocycles. The number of hydrogen-bond acceptors (Lipinski definition) is 8. The van der Waals surface area contributed by atoms with E-state index in [0.717, 1.165) is 11.5 Å². The fraction of sp³-hybridized carbons (Fsp3) is 0.375. The van der Waals surface area contributed by atoms with Crippen molar-refractivity contribution in [1.82, 2.24) is 9.36 Å². The summed E-state index contributed by atoms with van der Waals surface area (Å²) in [5.74, 6) is -1.99. The number of carbonyl (C=O) groups is 2. The van der Waals surface area contributed by atoms with Gasteiger partial charge in [0.1, 0.15) is 6.10 Å². The Morgan fingerprint density at radius 1 is 1.61 bits per heavy atom. The summed E-state index contributed by atoms with van der Waals surface area (Å²) in [6.45, 7) is 1.49. The number of carboxylic acid groups (broad SMARTS) is 1. The first kappa shape index (κ1) is 13.8. The van der Waals surface area contributed by atoms with Crippen molar-refractivity contribution in [3.8, 4) is 0 Å². The Labute approximate surface area is 106 Å². The zero-order valence-electron chi connectivity index (χ0n) is 9.36. The van der Waals surface area contributed by atoms with Gasteiger partial charge in [0.25, 0.3) is 5.91 Å². The molecule has 18 heavy (non-hydrogen) atoms. The van der Waals surface area contributed by atoms with E-state index in [1.54, 1.807) is 0 Å². The van der Waals surface area contributed by atoms with Gasteiger partial charge in [-0.2, -0.15) is 9.36 Å². The van der Waals surface area contributed by atoms with Gasteiger partial charge in [0.05, 0.1) is 6.42 Å². The van der Waals surface area contributed by atoms with Crippen molar-refractivity contribution < 1.29 is 19.5 Å². The standard InChI is InChI=1S/C8H11N5O4S/c1-3(2-4(14)15)17-12-5(6(9)16)7-11-8(10)18-13-7/h3H,2H2,1H3,(H2,9,16)(H,14,15)(H2,10,11,13). The Kier molecular flexibility index (Phi) is 4.54. The minimum absolute atomic E-state index is 0.0486. The van der Waals surface area contributed by atoms with Crippen LogP contribution >= 0.6 is 11.5 Å². The van der Waals surface area contributed by atoms with Crippen molar-refractivity contribution in [3.63, 3.8) is 0 Å². The number of carboxylic acids is 1. The van der Waals surface area contributed by atoms with Crippen LogP contribution in [0, 0.1) is 0 Å². The van der Waals surface area contributed by atoms with Gasteiger partial charge in [0.15, 0.2) is 5.13 Å². The number of anilines is 1. The Hall–Kier alpha value is -2.23. The number of nitrogen functional groups attached to an aromatic ring is 1. The number of oxime groups is 1. The average molecular weight is 273 g/mol. The molecule has 1 heterocycles. The van der Waals surface area contributed by atoms with Crippen LogP contribution in [0.3, 0.4) is 0 Å². The number of primary amides is 1. The third-order valence-corrected chi connectivity index (χ3v) is 2.22. The molecule has 1 unspecified atom stereocenters. The highest BCUT2D eigenvalue weighted by molar-refractivity contribution is 7.09. The Morgan fingerprint density at radius 2 is 2.28 bits per heavy atom. The largest absolute Gasteiger partial charge is 0.481 e. The van der Waals surface area contributed by atoms with Crippen LogP contribution in [-0.2, 0) is 14.4 Å². The van der Waals surface area contributed by atoms with Crippen LogP contribution in [-0.4, -0.2) is 38.2 Å². The molecule has 0 aromatic carbocycles. The quantitative estimate of drug-likeness (QED) is 0.452. The summed E-state index contributed by atoms with van der Waals surface area (Å²) >= 11 is 0.873. The lowest BCUT2D eigenvalue weighted by Crippen LogP contribution is -2.26. The highest BCUT2D eigenvalue weighted by Crippen LogP contribution is 2.08. The molecule has 5 N–H and O–H groups in total. The molecule has 9 nitrogen and oxygen atoms in total. The molecule has 1 atom stereocenters. The molecule has 98 valence electrons. The number of rotatable bonds is 6. The molecule has 1 aromatic heterocycles. The molecular weight excluding hydrogens is 262 g/mol. The summed E-state index contributed by atoms with van der Waals surface area (Å²) in [6, 6.07) is 0. The predicted molar refractivity (Wildman–Crippen MR) is 62.9 cm³/mol. The number of amides is 1. The van der Waals surface area contributed by atoms with Gasteiger partial charge in [-0.1, -0.05) is 5.16 Å². The second kappa shape index (κ2) is 5.91. The zero-order valence-corrected chi connectivity index (χ0v) is 10.2. The maximum absolute atomic E-state index is 11.1. The number of hydrogen-bond donors (Lipinski definition) is 3. The van der Waals surface area contributed by atoms with Crippen LogP contribution in [0.25, 0.3) is 0 Å². The summed E-state index contributed by atoms with van der Waals surface area (Å²) in [5.41, 5.74) is 10.1. The number of aromatic nitrogens is 2. The molecule has 10 heteroatoms. The minimum Gasteiger partial charge on any atom is -0.481 e. The summed E-state index contributed by atoms with van der Waals surface area (Å²) in [5, 5.41) is 12.1. The van der Waals surface area contributed by atoms with Crippen LogP contribution < -0.4 is 11.5 Å². The first-order valence-electron chi connectivity index (χ1n) is 4.75. The van der Waals surface area contributed by atoms with E-state index >= 15 is 0 Å². The van der Waals surface area contributed by atoms with Crippen molar-refractivity contribution in [1.29, 1.82) is 0 Å². The van der Waals surface area contributed by atoms with E-state index in [1.807, 2.05) is 0 Å². The molecule has 1 amide bonds. The second-order valence-electron chi connectivity index (χ2n) is 3.27. The van der Waals surface area contributed by atoms with Gasteiger partial charge in [0.2, 0.25) is 11.5 Å². The SMILES string of the molecule is CC(CC(=O)O)ON=C(C(N)=O)c1nsc(N)n1. The van der Waals surface area contributed by atoms with Gasteiger partial charge < -0.3 is 21.4 Å². The number of aliphatic carboxylic acids is 1. The monoisotopic (exact) mass is 273 g/mol. The van der Waals surface area contributed by atoms with Crippen molar-refractivity contribution in [2.45, 2.75) is 19.4 Å². The molecule has 1 rings (SSSR count). The smallest absolute Gasteiger partial charge is 0.307 e. The van der Waals surface area contributed by atoms with Gasteiger partial charge in [0, 0.05) is 11.5 Å². The van der Waals surface area contributed by atoms with E-state index in [4.69, 9.17) is 21.4 Å². The van der Waals surface area contributed by atoms with Crippen molar-refractivity contribution in [2.75, 3.05) is 5.73 Å². The summed E-state index contributed by atoms with van der Waals surface area (Å²) in [4.78, 5) is 30.1. The lowest BCUT2D eigenvalue weighted by atomic mass is 10.3. The Morgan fingerprint density at radius 3 is 2.72 bits per heavy atom. The molecule has 0 fully saturated rings. The first-order valence-corrected chi connectivity index (χ1v) is 5.52. The van der Waals surface area contributed by atoms with Gasteiger partial charge in [-0.3, -0.25) is 9.59 Å². The highest BCUT2D eigenvalue weighted by atomic mass is 32.1. The molecule has 0 radical (unpaired) electrons. The number of nitrogens with two attached hydrogens (primary N) is 2. The van der Waals surface area contributed by atoms with E-state index in [0.29, 0.717) is 0 Å². The van der Waals surface area contributed by atoms with Gasteiger partial charge in [-0.25, -0.2) is 0 Å². The molecule has 0 aliphatic carbocycles. The van der Waals surface area contributed by atoms with E-state index < -0.39 is 18.0 Å². The lowest BCUT2D eigenvalue weighted by molar-refractivity contribution is -0.139. The van der Waals surface area contributed by atoms with Crippen molar-refractivity contribution in [2.24, 2.45) is 10.9 Å². The Bertz CT molecular complexity index is 486. The van der Waals surface area contributed by atoms with Gasteiger partial charge in [-0.05, 0) is 6.92 Å². The zero-order chi connectivity index (χ0) is 13.7. The Balaban J connectivity index is 2.80. The van der Waals surface area contributed by atoms with E-state index in [-0.39, 0.29) is 23.1 Å². The highest BCUT2D eigenvalue weighted by Gasteiger charge is 2.18. The minimum atomic E-state index is -1.05. The molecule has 0 aliphatic heterocycles. The first-order chi connectivity index (χ1) is 8.40. The summed E-state index contributed by atoms with van der Waals surface area (Å²) in [6.07, 6.45) is -0.977. The van der Waals surface area contributed by atoms with Gasteiger partial charge in [-0.15, -0.1) is 0 Å². The number of nitrogens with zero attached hydrogens (tertiary/aromatic N) is 3. The fourth-order valence-electron chi connectivity index (χ4n) is 0.953. The van der Waals surface area contributed by atoms with Gasteiger partial charge >= 0.3 is 5.97 Å². The maximum atomic E-state index is 11.1. The summed E-state index contributed by atoms with van der Waals surface area (Å²) < 4.78 is 3.75. The average Bonchev–Trinajstić information content (AvgIpc) is 2.63. The fourth-order valence-corrected chi connectivity index (χ4v) is 1.39. The van der Waals surface area contributed by atoms with Crippen LogP contribution in [0.4, 0.5) is 5.13 Å². The topological polar surface area (TPSA) is 154 Å². The molecule has 1 aromatic rings. The second-order valence-corrected chi connectivity index (χ2v) is 4.06. The predicted octanol–water partition coefficient (Wildman–Crippen LogP) is -0.810. The van der Waals surface area contributed by atoms with Crippen LogP contribution in [0.15, 0.2) is 5.16 Å². The molecular formula is C8H11N5O4S. The van der Waals surface area contributed by atoms with Crippen molar-refractivity contribution >= 4 is 34.3 Å². The van der Waals surface area contributed by atoms with E-state index in [2.05, 4.69) is 14.5 Å². The van der Waals surface area contributed by atoms with E-state index in [1.165, 1.54) is 6.92 Å². The van der Waals surface area contributed by atoms with Crippen molar-refractivity contribution in [3.05, 3.63) is 5.82 Å². The summed E-state index contributed by atoms with van der Waals surface area (Å²) in [7, 11) is 0. The van der Waals surface area contributed by atoms with E-state index in [9.17, 15) is 9.59 Å². The van der Waals surface area contributed by atoms with Crippen LogP contribution in [0.1, 0.15) is 19.2 Å². The normalized spacial score (nSPS) is 13.1. The third kappa shape index (κ3) is 3.97. The molecule has 0 bridgehead atoms.